The van der Waals surface area contributed by atoms with Crippen molar-refractivity contribution in [3.8, 4) is 0 Å². The number of nitrogens with one attached hydrogen (secondary N) is 1. The van der Waals surface area contributed by atoms with Crippen molar-refractivity contribution < 1.29 is 9.90 Å². The molecule has 90 valence electrons. The van der Waals surface area contributed by atoms with Crippen LogP contribution in [0.4, 0.5) is 0 Å². The molecule has 2 unspecified atom stereocenters. The summed E-state index contributed by atoms with van der Waals surface area (Å²) in [6.45, 7) is 4.37. The predicted octanol–water partition coefficient (Wildman–Crippen LogP) is 0.881. The number of nitrogens with two attached hydrogens (primary N) is 1. The number of aliphatic hydroxyl groups is 1. The highest BCUT2D eigenvalue weighted by atomic mass is 32.1. The van der Waals surface area contributed by atoms with Crippen molar-refractivity contribution in [2.75, 3.05) is 6.54 Å². The summed E-state index contributed by atoms with van der Waals surface area (Å²) in [6, 6.07) is 4.18. The van der Waals surface area contributed by atoms with Gasteiger partial charge in [-0.05, 0) is 17.4 Å². The van der Waals surface area contributed by atoms with Crippen molar-refractivity contribution in [1.82, 2.24) is 5.32 Å². The highest BCUT2D eigenvalue weighted by Gasteiger charge is 2.19. The average molecular weight is 242 g/mol. The van der Waals surface area contributed by atoms with Gasteiger partial charge in [0, 0.05) is 17.5 Å². The number of hydrogen-bond donors (Lipinski definition) is 3. The van der Waals surface area contributed by atoms with E-state index in [0.29, 0.717) is 5.92 Å². The number of aliphatic hydroxyl groups excluding tert-OH is 1. The van der Waals surface area contributed by atoms with Crippen molar-refractivity contribution >= 4 is 17.2 Å². The standard InChI is InChI=1S/C11H18N2O2S/c1-7(2)10(9-4-3-5-16-9)13-6-8(14)11(12)15/h3-5,7-8,10,13-14H,6H2,1-2H3,(H2,12,15). The van der Waals surface area contributed by atoms with Crippen molar-refractivity contribution in [3.05, 3.63) is 22.4 Å². The lowest BCUT2D eigenvalue weighted by Crippen LogP contribution is -2.39. The largest absolute Gasteiger partial charge is 0.382 e. The molecule has 0 aromatic carbocycles. The van der Waals surface area contributed by atoms with Crippen LogP contribution in [0.2, 0.25) is 0 Å². The molecule has 0 aliphatic carbocycles. The summed E-state index contributed by atoms with van der Waals surface area (Å²) in [5, 5.41) is 14.5. The Morgan fingerprint density at radius 3 is 2.75 bits per heavy atom. The zero-order valence-corrected chi connectivity index (χ0v) is 10.3. The van der Waals surface area contributed by atoms with Gasteiger partial charge in [-0.1, -0.05) is 19.9 Å². The fraction of sp³-hybridized carbons (Fsp3) is 0.545. The van der Waals surface area contributed by atoms with Gasteiger partial charge in [0.1, 0.15) is 6.10 Å². The van der Waals surface area contributed by atoms with Gasteiger partial charge < -0.3 is 16.2 Å². The first-order valence-corrected chi connectivity index (χ1v) is 6.14. The van der Waals surface area contributed by atoms with Gasteiger partial charge >= 0.3 is 0 Å². The number of hydrogen-bond acceptors (Lipinski definition) is 4. The lowest BCUT2D eigenvalue weighted by atomic mass is 10.0. The molecule has 0 saturated carbocycles. The molecule has 0 aliphatic rings. The summed E-state index contributed by atoms with van der Waals surface area (Å²) in [5.41, 5.74) is 4.99. The summed E-state index contributed by atoms with van der Waals surface area (Å²) < 4.78 is 0. The molecule has 0 fully saturated rings. The summed E-state index contributed by atoms with van der Waals surface area (Å²) >= 11 is 1.66. The Labute approximate surface area is 99.5 Å². The molecule has 1 amide bonds. The minimum absolute atomic E-state index is 0.147. The van der Waals surface area contributed by atoms with E-state index in [1.54, 1.807) is 11.3 Å². The van der Waals surface area contributed by atoms with Crippen LogP contribution in [-0.2, 0) is 4.79 Å². The van der Waals surface area contributed by atoms with Crippen LogP contribution in [0.5, 0.6) is 0 Å². The molecule has 1 rings (SSSR count). The van der Waals surface area contributed by atoms with Crippen LogP contribution in [0.1, 0.15) is 24.8 Å². The zero-order valence-electron chi connectivity index (χ0n) is 9.51. The van der Waals surface area contributed by atoms with Crippen molar-refractivity contribution in [2.24, 2.45) is 11.7 Å². The first-order valence-electron chi connectivity index (χ1n) is 5.26. The maximum Gasteiger partial charge on any atom is 0.247 e. The highest BCUT2D eigenvalue weighted by Crippen LogP contribution is 2.25. The second kappa shape index (κ2) is 5.98. The number of rotatable bonds is 6. The van der Waals surface area contributed by atoms with Gasteiger partial charge in [0.05, 0.1) is 0 Å². The van der Waals surface area contributed by atoms with E-state index >= 15 is 0 Å². The Kier molecular flexibility index (Phi) is 4.92. The summed E-state index contributed by atoms with van der Waals surface area (Å²) in [4.78, 5) is 11.9. The van der Waals surface area contributed by atoms with Gasteiger partial charge in [-0.15, -0.1) is 11.3 Å². The maximum atomic E-state index is 10.7. The molecular formula is C11H18N2O2S. The SMILES string of the molecule is CC(C)C(NCC(O)C(N)=O)c1cccs1. The number of primary amides is 1. The van der Waals surface area contributed by atoms with Crippen LogP contribution in [0, 0.1) is 5.92 Å². The van der Waals surface area contributed by atoms with Crippen LogP contribution in [0.25, 0.3) is 0 Å². The van der Waals surface area contributed by atoms with Crippen LogP contribution in [0.3, 0.4) is 0 Å². The van der Waals surface area contributed by atoms with E-state index in [0.717, 1.165) is 0 Å². The van der Waals surface area contributed by atoms with E-state index in [1.165, 1.54) is 4.88 Å². The van der Waals surface area contributed by atoms with Crippen molar-refractivity contribution in [1.29, 1.82) is 0 Å². The minimum atomic E-state index is -1.12. The van der Waals surface area contributed by atoms with Gasteiger partial charge in [-0.25, -0.2) is 0 Å². The Morgan fingerprint density at radius 2 is 2.31 bits per heavy atom. The Bertz CT molecular complexity index is 325. The third-order valence-corrected chi connectivity index (χ3v) is 3.33. The molecule has 1 aromatic rings. The Hall–Kier alpha value is -0.910. The molecule has 0 spiro atoms. The second-order valence-corrected chi connectivity index (χ2v) is 5.04. The molecule has 0 bridgehead atoms. The monoisotopic (exact) mass is 242 g/mol. The van der Waals surface area contributed by atoms with Crippen LogP contribution in [-0.4, -0.2) is 23.7 Å². The minimum Gasteiger partial charge on any atom is -0.382 e. The third-order valence-electron chi connectivity index (χ3n) is 2.38. The molecule has 0 saturated heterocycles. The van der Waals surface area contributed by atoms with Crippen molar-refractivity contribution in [3.63, 3.8) is 0 Å². The van der Waals surface area contributed by atoms with Gasteiger partial charge in [0.15, 0.2) is 0 Å². The van der Waals surface area contributed by atoms with E-state index in [4.69, 9.17) is 5.73 Å². The smallest absolute Gasteiger partial charge is 0.247 e. The van der Waals surface area contributed by atoms with E-state index in [-0.39, 0.29) is 12.6 Å². The van der Waals surface area contributed by atoms with E-state index in [2.05, 4.69) is 19.2 Å². The number of amides is 1. The number of carbonyl (C=O) groups is 1. The van der Waals surface area contributed by atoms with E-state index in [1.807, 2.05) is 17.5 Å². The topological polar surface area (TPSA) is 75.3 Å². The summed E-state index contributed by atoms with van der Waals surface area (Å²) in [6.07, 6.45) is -1.12. The van der Waals surface area contributed by atoms with Gasteiger partial charge in [0.2, 0.25) is 5.91 Å². The molecule has 1 aromatic heterocycles. The zero-order chi connectivity index (χ0) is 12.1. The molecule has 0 radical (unpaired) electrons. The molecule has 4 N–H and O–H groups in total. The van der Waals surface area contributed by atoms with Crippen LogP contribution in [0.15, 0.2) is 17.5 Å². The Morgan fingerprint density at radius 1 is 1.62 bits per heavy atom. The van der Waals surface area contributed by atoms with Crippen molar-refractivity contribution in [2.45, 2.75) is 26.0 Å². The van der Waals surface area contributed by atoms with Crippen LogP contribution >= 0.6 is 11.3 Å². The maximum absolute atomic E-state index is 10.7. The molecule has 4 nitrogen and oxygen atoms in total. The molecule has 16 heavy (non-hydrogen) atoms. The molecule has 2 atom stereocenters. The molecule has 5 heteroatoms. The molecule has 1 heterocycles. The summed E-state index contributed by atoms with van der Waals surface area (Å²) in [5.74, 6) is -0.306. The summed E-state index contributed by atoms with van der Waals surface area (Å²) in [7, 11) is 0. The van der Waals surface area contributed by atoms with Gasteiger partial charge in [0.25, 0.3) is 0 Å². The Balaban J connectivity index is 2.57. The quantitative estimate of drug-likeness (QED) is 0.693. The predicted molar refractivity (Wildman–Crippen MR) is 65.1 cm³/mol. The fourth-order valence-electron chi connectivity index (χ4n) is 1.47. The fourth-order valence-corrected chi connectivity index (χ4v) is 2.45. The lowest BCUT2D eigenvalue weighted by Gasteiger charge is -2.22. The number of thiophene rings is 1. The van der Waals surface area contributed by atoms with E-state index < -0.39 is 12.0 Å². The van der Waals surface area contributed by atoms with E-state index in [9.17, 15) is 9.90 Å². The third kappa shape index (κ3) is 3.59. The molecular weight excluding hydrogens is 224 g/mol. The lowest BCUT2D eigenvalue weighted by molar-refractivity contribution is -0.125. The first-order chi connectivity index (χ1) is 7.52. The average Bonchev–Trinajstić information content (AvgIpc) is 2.70. The number of carbonyl (C=O) groups excluding carboxylic acids is 1. The molecule has 0 aliphatic heterocycles. The highest BCUT2D eigenvalue weighted by molar-refractivity contribution is 7.10. The van der Waals surface area contributed by atoms with Crippen LogP contribution < -0.4 is 11.1 Å². The normalized spacial score (nSPS) is 15.0. The first kappa shape index (κ1) is 13.2. The van der Waals surface area contributed by atoms with Gasteiger partial charge in [-0.2, -0.15) is 0 Å². The second-order valence-electron chi connectivity index (χ2n) is 4.06. The van der Waals surface area contributed by atoms with Gasteiger partial charge in [-0.3, -0.25) is 4.79 Å².